The molecule has 1 unspecified atom stereocenters. The maximum atomic E-state index is 11.7. The van der Waals surface area contributed by atoms with Crippen LogP contribution in [-0.2, 0) is 0 Å². The zero-order valence-electron chi connectivity index (χ0n) is 11.3. The molecule has 0 aliphatic heterocycles. The smallest absolute Gasteiger partial charge is 0.164 e. The minimum atomic E-state index is -0.0267. The number of ketones is 1. The van der Waals surface area contributed by atoms with Crippen molar-refractivity contribution < 1.29 is 4.79 Å². The van der Waals surface area contributed by atoms with E-state index in [1.54, 1.807) is 0 Å². The van der Waals surface area contributed by atoms with Crippen molar-refractivity contribution in [2.75, 3.05) is 5.73 Å². The van der Waals surface area contributed by atoms with E-state index < -0.39 is 0 Å². The molecule has 1 aromatic carbocycles. The van der Waals surface area contributed by atoms with Crippen LogP contribution in [0.15, 0.2) is 18.2 Å². The fraction of sp³-hybridized carbons (Fsp3) is 0.188. The maximum Gasteiger partial charge on any atom is 0.164 e. The number of carbonyl (C=O) groups excluding carboxylic acids is 1. The average Bonchev–Trinajstić information content (AvgIpc) is 2.84. The second kappa shape index (κ2) is 4.53. The van der Waals surface area contributed by atoms with E-state index >= 15 is 0 Å². The summed E-state index contributed by atoms with van der Waals surface area (Å²) in [5.41, 5.74) is 8.64. The molecule has 4 heteroatoms. The number of nitrogens with two attached hydrogens (primary N) is 1. The van der Waals surface area contributed by atoms with E-state index in [4.69, 9.17) is 17.3 Å². The molecule has 1 aliphatic rings. The molecule has 3 N–H and O–H groups in total. The van der Waals surface area contributed by atoms with E-state index in [9.17, 15) is 4.79 Å². The van der Waals surface area contributed by atoms with Gasteiger partial charge in [-0.25, -0.2) is 0 Å². The highest BCUT2D eigenvalue weighted by Crippen LogP contribution is 2.31. The molecule has 2 aromatic rings. The van der Waals surface area contributed by atoms with Crippen LogP contribution in [0.25, 0.3) is 12.2 Å². The van der Waals surface area contributed by atoms with Crippen LogP contribution in [0.1, 0.15) is 34.3 Å². The zero-order chi connectivity index (χ0) is 14.4. The zero-order valence-corrected chi connectivity index (χ0v) is 12.1. The van der Waals surface area contributed by atoms with Crippen LogP contribution < -0.4 is 16.3 Å². The van der Waals surface area contributed by atoms with Crippen LogP contribution in [0.4, 0.5) is 5.82 Å². The van der Waals surface area contributed by atoms with Crippen molar-refractivity contribution in [2.24, 2.45) is 0 Å². The third kappa shape index (κ3) is 1.86. The Balaban J connectivity index is 2.20. The van der Waals surface area contributed by atoms with Crippen LogP contribution in [0, 0.1) is 6.92 Å². The predicted molar refractivity (Wildman–Crippen MR) is 82.3 cm³/mol. The molecule has 0 saturated carbocycles. The summed E-state index contributed by atoms with van der Waals surface area (Å²) in [6.45, 7) is 3.57. The first kappa shape index (κ1) is 13.0. The largest absolute Gasteiger partial charge is 0.385 e. The van der Waals surface area contributed by atoms with Gasteiger partial charge in [-0.05, 0) is 37.1 Å². The van der Waals surface area contributed by atoms with Gasteiger partial charge in [-0.2, -0.15) is 0 Å². The third-order valence-electron chi connectivity index (χ3n) is 3.75. The number of Topliss-reactive ketones (excluding diaryl/α,β-unsaturated/α-hetero) is 1. The number of nitrogens with one attached hydrogen (secondary N) is 1. The van der Waals surface area contributed by atoms with Crippen molar-refractivity contribution in [2.45, 2.75) is 19.8 Å². The van der Waals surface area contributed by atoms with Crippen LogP contribution in [-0.4, -0.2) is 10.8 Å². The van der Waals surface area contributed by atoms with Gasteiger partial charge in [-0.1, -0.05) is 29.8 Å². The van der Waals surface area contributed by atoms with E-state index in [1.165, 1.54) is 6.92 Å². The number of fused-ring (bicyclic) bond motifs is 1. The van der Waals surface area contributed by atoms with Crippen LogP contribution >= 0.6 is 11.6 Å². The highest BCUT2D eigenvalue weighted by molar-refractivity contribution is 6.31. The van der Waals surface area contributed by atoms with E-state index in [-0.39, 0.29) is 11.7 Å². The summed E-state index contributed by atoms with van der Waals surface area (Å²) in [6, 6.07) is 5.86. The Hall–Kier alpha value is -2.00. The van der Waals surface area contributed by atoms with Gasteiger partial charge in [0.15, 0.2) is 5.78 Å². The van der Waals surface area contributed by atoms with Gasteiger partial charge in [-0.3, -0.25) is 4.79 Å². The first-order chi connectivity index (χ1) is 9.49. The Bertz CT molecular complexity index is 813. The minimum absolute atomic E-state index is 0.0267. The molecule has 0 amide bonds. The number of rotatable bonds is 2. The molecule has 102 valence electrons. The topological polar surface area (TPSA) is 58.9 Å². The Kier molecular flexibility index (Phi) is 2.94. The van der Waals surface area contributed by atoms with Crippen molar-refractivity contribution in [3.8, 4) is 0 Å². The lowest BCUT2D eigenvalue weighted by atomic mass is 9.95. The monoisotopic (exact) mass is 286 g/mol. The molecule has 1 aliphatic carbocycles. The molecular weight excluding hydrogens is 272 g/mol. The molecule has 0 radical (unpaired) electrons. The number of hydrogen-bond donors (Lipinski definition) is 2. The normalized spacial score (nSPS) is 16.4. The number of H-pyrrole nitrogens is 1. The third-order valence-corrected chi connectivity index (χ3v) is 4.08. The summed E-state index contributed by atoms with van der Waals surface area (Å²) in [4.78, 5) is 14.8. The average molecular weight is 287 g/mol. The van der Waals surface area contributed by atoms with Crippen LogP contribution in [0.5, 0.6) is 0 Å². The summed E-state index contributed by atoms with van der Waals surface area (Å²) in [5.74, 6) is 0.481. The lowest BCUT2D eigenvalue weighted by molar-refractivity contribution is 0.101. The minimum Gasteiger partial charge on any atom is -0.385 e. The van der Waals surface area contributed by atoms with Gasteiger partial charge in [0.05, 0.1) is 5.56 Å². The van der Waals surface area contributed by atoms with Gasteiger partial charge >= 0.3 is 0 Å². The Morgan fingerprint density at radius 1 is 1.35 bits per heavy atom. The number of hydrogen-bond acceptors (Lipinski definition) is 2. The first-order valence-corrected chi connectivity index (χ1v) is 6.84. The highest BCUT2D eigenvalue weighted by Gasteiger charge is 2.20. The fourth-order valence-electron chi connectivity index (χ4n) is 2.88. The van der Waals surface area contributed by atoms with Gasteiger partial charge < -0.3 is 10.7 Å². The van der Waals surface area contributed by atoms with E-state index in [2.05, 4.69) is 11.1 Å². The van der Waals surface area contributed by atoms with Gasteiger partial charge in [0.1, 0.15) is 5.82 Å². The van der Waals surface area contributed by atoms with E-state index in [0.717, 1.165) is 26.7 Å². The lowest BCUT2D eigenvalue weighted by Crippen LogP contribution is -2.22. The summed E-state index contributed by atoms with van der Waals surface area (Å²) >= 11 is 6.31. The second-order valence-electron chi connectivity index (χ2n) is 5.13. The molecule has 0 saturated heterocycles. The summed E-state index contributed by atoms with van der Waals surface area (Å²) < 4.78 is 0. The Labute approximate surface area is 121 Å². The molecular formula is C16H15ClN2O. The highest BCUT2D eigenvalue weighted by atomic mass is 35.5. The number of aromatic amines is 1. The van der Waals surface area contributed by atoms with Gasteiger partial charge in [0.2, 0.25) is 0 Å². The van der Waals surface area contributed by atoms with Crippen molar-refractivity contribution in [3.63, 3.8) is 0 Å². The summed E-state index contributed by atoms with van der Waals surface area (Å²) in [6.07, 6.45) is 4.11. The number of benzene rings is 1. The number of aromatic nitrogens is 1. The predicted octanol–water partition coefficient (Wildman–Crippen LogP) is 2.12. The second-order valence-corrected chi connectivity index (χ2v) is 5.53. The molecule has 3 nitrogen and oxygen atoms in total. The fourth-order valence-corrected chi connectivity index (χ4v) is 3.23. The van der Waals surface area contributed by atoms with Crippen molar-refractivity contribution in [3.05, 3.63) is 50.5 Å². The van der Waals surface area contributed by atoms with Crippen molar-refractivity contribution in [1.29, 1.82) is 0 Å². The Morgan fingerprint density at radius 2 is 2.10 bits per heavy atom. The molecule has 1 atom stereocenters. The number of carbonyl (C=O) groups is 1. The molecule has 0 fully saturated rings. The molecule has 1 heterocycles. The van der Waals surface area contributed by atoms with Gasteiger partial charge in [0.25, 0.3) is 0 Å². The van der Waals surface area contributed by atoms with Crippen LogP contribution in [0.3, 0.4) is 0 Å². The van der Waals surface area contributed by atoms with Crippen molar-refractivity contribution >= 4 is 35.4 Å². The van der Waals surface area contributed by atoms with Gasteiger partial charge in [0, 0.05) is 21.5 Å². The Morgan fingerprint density at radius 3 is 2.75 bits per heavy atom. The summed E-state index contributed by atoms with van der Waals surface area (Å²) in [5, 5.41) is 2.53. The van der Waals surface area contributed by atoms with E-state index in [0.29, 0.717) is 11.4 Å². The number of anilines is 1. The standard InChI is InChI=1S/C16H15ClN2O/c1-8-4-3-5-12(17)14(8)10-6-11-13(7-10)19-16(18)15(11)9(2)20/h3-7,10,19H,18H2,1-2H3. The number of halogens is 1. The van der Waals surface area contributed by atoms with Crippen molar-refractivity contribution in [1.82, 2.24) is 4.98 Å². The number of aryl methyl sites for hydroxylation is 1. The first-order valence-electron chi connectivity index (χ1n) is 6.46. The van der Waals surface area contributed by atoms with Crippen LogP contribution in [0.2, 0.25) is 5.02 Å². The molecule has 0 bridgehead atoms. The molecule has 1 aromatic heterocycles. The van der Waals surface area contributed by atoms with Gasteiger partial charge in [-0.15, -0.1) is 0 Å². The SMILES string of the molecule is CC(=O)c1c(N)[nH]c2c1=CC(c1c(C)cccc1Cl)C=2. The maximum absolute atomic E-state index is 11.7. The molecule has 20 heavy (non-hydrogen) atoms. The molecule has 0 spiro atoms. The molecule has 3 rings (SSSR count). The quantitative estimate of drug-likeness (QED) is 0.831. The number of nitrogen functional groups attached to an aromatic ring is 1. The summed E-state index contributed by atoms with van der Waals surface area (Å²) in [7, 11) is 0. The van der Waals surface area contributed by atoms with E-state index in [1.807, 2.05) is 31.2 Å². The lowest BCUT2D eigenvalue weighted by Gasteiger charge is -2.12.